The largest absolute Gasteiger partial charge is 0.478 e. The van der Waals surface area contributed by atoms with Crippen LogP contribution in [0.25, 0.3) is 0 Å². The van der Waals surface area contributed by atoms with Crippen LogP contribution in [0, 0.1) is 5.82 Å². The Labute approximate surface area is 155 Å². The van der Waals surface area contributed by atoms with Crippen molar-refractivity contribution in [2.45, 2.75) is 25.2 Å². The summed E-state index contributed by atoms with van der Waals surface area (Å²) < 4.78 is 18.8. The highest BCUT2D eigenvalue weighted by molar-refractivity contribution is 5.87. The van der Waals surface area contributed by atoms with Crippen molar-refractivity contribution in [1.82, 2.24) is 5.32 Å². The minimum atomic E-state index is -1.63. The maximum absolute atomic E-state index is 13.8. The Morgan fingerprint density at radius 2 is 1.81 bits per heavy atom. The number of aromatic carboxylic acids is 1. The second-order valence-electron chi connectivity index (χ2n) is 5.83. The van der Waals surface area contributed by atoms with Crippen LogP contribution < -0.4 is 5.32 Å². The van der Waals surface area contributed by atoms with E-state index in [1.54, 1.807) is 12.1 Å². The summed E-state index contributed by atoms with van der Waals surface area (Å²) in [7, 11) is 0. The van der Waals surface area contributed by atoms with Crippen molar-refractivity contribution in [2.75, 3.05) is 6.54 Å². The molecule has 0 aliphatic heterocycles. The fourth-order valence-electron chi connectivity index (χ4n) is 2.36. The van der Waals surface area contributed by atoms with Crippen LogP contribution in [0.15, 0.2) is 48.5 Å². The van der Waals surface area contributed by atoms with Crippen molar-refractivity contribution in [1.29, 1.82) is 0 Å². The topological polar surface area (TPSA) is 116 Å². The zero-order chi connectivity index (χ0) is 19.8. The van der Waals surface area contributed by atoms with Crippen molar-refractivity contribution in [3.05, 3.63) is 71.0 Å². The number of carboxylic acid groups (broad SMARTS) is 1. The molecule has 0 spiro atoms. The van der Waals surface area contributed by atoms with Crippen molar-refractivity contribution in [2.24, 2.45) is 0 Å². The predicted octanol–water partition coefficient (Wildman–Crippen LogP) is 2.23. The van der Waals surface area contributed by atoms with Crippen molar-refractivity contribution in [3.63, 3.8) is 0 Å². The van der Waals surface area contributed by atoms with Crippen LogP contribution in [0.1, 0.15) is 34.0 Å². The second kappa shape index (κ2) is 9.65. The first-order valence-electron chi connectivity index (χ1n) is 8.22. The lowest BCUT2D eigenvalue weighted by Crippen LogP contribution is -2.30. The molecular weight excluding hydrogens is 357 g/mol. The first kappa shape index (κ1) is 20.3. The highest BCUT2D eigenvalue weighted by atomic mass is 19.1. The molecule has 0 fully saturated rings. The number of alkyl carbamates (subject to hydrolysis) is 1. The molecule has 2 atom stereocenters. The number of carbonyl (C=O) groups is 2. The van der Waals surface area contributed by atoms with E-state index < -0.39 is 30.1 Å². The fraction of sp³-hybridized carbons (Fsp3) is 0.263. The summed E-state index contributed by atoms with van der Waals surface area (Å²) in [5, 5.41) is 31.4. The Kier molecular flexibility index (Phi) is 7.27. The van der Waals surface area contributed by atoms with Gasteiger partial charge >= 0.3 is 12.1 Å². The molecular formula is C19H20FNO6. The average Bonchev–Trinajstić information content (AvgIpc) is 2.66. The zero-order valence-electron chi connectivity index (χ0n) is 14.3. The Balaban J connectivity index is 1.81. The molecule has 0 heterocycles. The predicted molar refractivity (Wildman–Crippen MR) is 93.6 cm³/mol. The lowest BCUT2D eigenvalue weighted by atomic mass is 9.99. The van der Waals surface area contributed by atoms with Crippen molar-refractivity contribution in [3.8, 4) is 0 Å². The number of benzene rings is 2. The number of carbonyl (C=O) groups excluding carboxylic acids is 1. The first-order valence-corrected chi connectivity index (χ1v) is 8.22. The van der Waals surface area contributed by atoms with E-state index in [4.69, 9.17) is 9.84 Å². The molecule has 8 heteroatoms. The normalized spacial score (nSPS) is 12.9. The third-order valence-electron chi connectivity index (χ3n) is 3.85. The number of ether oxygens (including phenoxy) is 1. The smallest absolute Gasteiger partial charge is 0.407 e. The zero-order valence-corrected chi connectivity index (χ0v) is 14.3. The number of halogens is 1. The summed E-state index contributed by atoms with van der Waals surface area (Å²) in [6.07, 6.45) is -3.82. The number of carboxylic acids is 1. The minimum Gasteiger partial charge on any atom is -0.478 e. The van der Waals surface area contributed by atoms with Crippen molar-refractivity contribution >= 4 is 12.1 Å². The Hall–Kier alpha value is -2.97. The minimum absolute atomic E-state index is 0.0217. The molecule has 0 aliphatic rings. The quantitative estimate of drug-likeness (QED) is 0.561. The van der Waals surface area contributed by atoms with E-state index in [-0.39, 0.29) is 30.7 Å². The molecule has 0 bridgehead atoms. The molecule has 2 rings (SSSR count). The van der Waals surface area contributed by atoms with Gasteiger partial charge in [0.05, 0.1) is 11.7 Å². The summed E-state index contributed by atoms with van der Waals surface area (Å²) in [5.74, 6) is -2.11. The van der Waals surface area contributed by atoms with Gasteiger partial charge in [0.25, 0.3) is 0 Å². The third-order valence-corrected chi connectivity index (χ3v) is 3.85. The molecule has 0 saturated heterocycles. The molecule has 1 amide bonds. The molecule has 0 aromatic heterocycles. The molecule has 0 radical (unpaired) electrons. The number of nitrogens with one attached hydrogen (secondary N) is 1. The highest BCUT2D eigenvalue weighted by Gasteiger charge is 2.23. The van der Waals surface area contributed by atoms with Crippen LogP contribution in [-0.2, 0) is 11.3 Å². The number of aliphatic hydroxyl groups excluding tert-OH is 2. The van der Waals surface area contributed by atoms with Gasteiger partial charge in [-0.1, -0.05) is 30.3 Å². The van der Waals surface area contributed by atoms with Crippen LogP contribution in [0.4, 0.5) is 9.18 Å². The first-order chi connectivity index (χ1) is 12.9. The highest BCUT2D eigenvalue weighted by Crippen LogP contribution is 2.23. The van der Waals surface area contributed by atoms with Crippen LogP contribution in [-0.4, -0.2) is 40.0 Å². The molecule has 4 N–H and O–H groups in total. The van der Waals surface area contributed by atoms with Crippen LogP contribution in [0.2, 0.25) is 0 Å². The molecule has 0 aliphatic carbocycles. The van der Waals surface area contributed by atoms with E-state index in [9.17, 15) is 24.2 Å². The van der Waals surface area contributed by atoms with E-state index in [0.717, 1.165) is 23.8 Å². The van der Waals surface area contributed by atoms with Gasteiger partial charge in [-0.05, 0) is 30.2 Å². The van der Waals surface area contributed by atoms with Gasteiger partial charge in [-0.25, -0.2) is 14.0 Å². The Bertz CT molecular complexity index is 783. The summed E-state index contributed by atoms with van der Waals surface area (Å²) in [6.45, 7) is 0.0666. The van der Waals surface area contributed by atoms with Crippen LogP contribution in [0.3, 0.4) is 0 Å². The number of aliphatic hydroxyl groups is 2. The van der Waals surface area contributed by atoms with Gasteiger partial charge in [-0.15, -0.1) is 0 Å². The Morgan fingerprint density at radius 3 is 2.48 bits per heavy atom. The van der Waals surface area contributed by atoms with Gasteiger partial charge in [-0.3, -0.25) is 0 Å². The monoisotopic (exact) mass is 377 g/mol. The van der Waals surface area contributed by atoms with E-state index >= 15 is 0 Å². The van der Waals surface area contributed by atoms with Gasteiger partial charge in [0, 0.05) is 12.1 Å². The number of hydrogen-bond acceptors (Lipinski definition) is 5. The van der Waals surface area contributed by atoms with E-state index in [0.29, 0.717) is 0 Å². The maximum atomic E-state index is 13.8. The van der Waals surface area contributed by atoms with Gasteiger partial charge in [0.1, 0.15) is 18.5 Å². The lowest BCUT2D eigenvalue weighted by Gasteiger charge is -2.19. The van der Waals surface area contributed by atoms with Crippen molar-refractivity contribution < 1.29 is 34.0 Å². The van der Waals surface area contributed by atoms with Gasteiger partial charge < -0.3 is 25.4 Å². The standard InChI is InChI=1S/C19H20FNO6/c20-15-7-6-13(18(24)25)10-14(15)17(23)16(22)8-9-21-19(26)27-11-12-4-2-1-3-5-12/h1-7,10,16-17,22-23H,8-9,11H2,(H,21,26)(H,24,25). The SMILES string of the molecule is O=C(NCCC(O)C(O)c1cc(C(=O)O)ccc1F)OCc1ccccc1. The lowest BCUT2D eigenvalue weighted by molar-refractivity contribution is 0.0115. The van der Waals surface area contributed by atoms with E-state index in [2.05, 4.69) is 5.32 Å². The van der Waals surface area contributed by atoms with Gasteiger partial charge in [0.2, 0.25) is 0 Å². The third kappa shape index (κ3) is 6.05. The molecule has 7 nitrogen and oxygen atoms in total. The summed E-state index contributed by atoms with van der Waals surface area (Å²) in [4.78, 5) is 22.5. The molecule has 0 saturated carbocycles. The van der Waals surface area contributed by atoms with Crippen LogP contribution in [0.5, 0.6) is 0 Å². The second-order valence-corrected chi connectivity index (χ2v) is 5.83. The molecule has 144 valence electrons. The van der Waals surface area contributed by atoms with Gasteiger partial charge in [0.15, 0.2) is 0 Å². The summed E-state index contributed by atoms with van der Waals surface area (Å²) in [5.41, 5.74) is 0.284. The summed E-state index contributed by atoms with van der Waals surface area (Å²) >= 11 is 0. The Morgan fingerprint density at radius 1 is 1.11 bits per heavy atom. The van der Waals surface area contributed by atoms with E-state index in [1.165, 1.54) is 0 Å². The van der Waals surface area contributed by atoms with Crippen LogP contribution >= 0.6 is 0 Å². The number of hydrogen-bond donors (Lipinski definition) is 4. The molecule has 2 unspecified atom stereocenters. The maximum Gasteiger partial charge on any atom is 0.407 e. The molecule has 2 aromatic carbocycles. The summed E-state index contributed by atoms with van der Waals surface area (Å²) in [6, 6.07) is 12.0. The average molecular weight is 377 g/mol. The number of rotatable bonds is 8. The fourth-order valence-corrected chi connectivity index (χ4v) is 2.36. The molecule has 27 heavy (non-hydrogen) atoms. The number of amides is 1. The van der Waals surface area contributed by atoms with Gasteiger partial charge in [-0.2, -0.15) is 0 Å². The van der Waals surface area contributed by atoms with E-state index in [1.807, 2.05) is 18.2 Å². The molecule has 2 aromatic rings.